The van der Waals surface area contributed by atoms with Crippen molar-refractivity contribution < 1.29 is 81.8 Å². The van der Waals surface area contributed by atoms with Crippen molar-refractivity contribution in [3.63, 3.8) is 0 Å². The molecule has 0 aliphatic carbocycles. The van der Waals surface area contributed by atoms with Crippen molar-refractivity contribution in [2.24, 2.45) is 23.1 Å². The second kappa shape index (κ2) is 45.4. The van der Waals surface area contributed by atoms with Gasteiger partial charge in [0.15, 0.2) is 5.96 Å². The first-order valence-electron chi connectivity index (χ1n) is 35.4. The zero-order chi connectivity index (χ0) is 82.0. The number of primary amides is 2. The Kier molecular flexibility index (Phi) is 36.1. The van der Waals surface area contributed by atoms with E-state index in [-0.39, 0.29) is 50.8 Å². The summed E-state index contributed by atoms with van der Waals surface area (Å²) in [5.41, 5.74) is 19.1. The van der Waals surface area contributed by atoms with Crippen LogP contribution in [0.25, 0.3) is 10.9 Å². The molecule has 606 valence electrons. The maximum Gasteiger partial charge on any atom is 0.305 e. The lowest BCUT2D eigenvalue weighted by Crippen LogP contribution is -2.61. The Labute approximate surface area is 654 Å². The van der Waals surface area contributed by atoms with E-state index >= 15 is 0 Å². The monoisotopic (exact) mass is 1610 g/mol. The number of nitrogens with one attached hydrogen (secondary N) is 18. The topological polar surface area (TPSA) is 637 Å². The summed E-state index contributed by atoms with van der Waals surface area (Å²) >= 11 is 1.35. The van der Waals surface area contributed by atoms with Crippen molar-refractivity contribution in [3.8, 4) is 0 Å². The third kappa shape index (κ3) is 30.2. The van der Waals surface area contributed by atoms with E-state index in [9.17, 15) is 81.8 Å². The van der Waals surface area contributed by atoms with Gasteiger partial charge in [0, 0.05) is 98.0 Å². The average Bonchev–Trinajstić information content (AvgIpc) is 1.76. The molecule has 2 aromatic carbocycles. The molecule has 11 atom stereocenters. The summed E-state index contributed by atoms with van der Waals surface area (Å²) in [7, 11) is 1.73. The van der Waals surface area contributed by atoms with Gasteiger partial charge in [-0.3, -0.25) is 82.1 Å². The average molecular weight is 1610 g/mol. The van der Waals surface area contributed by atoms with Crippen molar-refractivity contribution in [2.45, 2.75) is 151 Å². The number of nitrogens with zero attached hydrogens (tertiary/aromatic N) is 2. The van der Waals surface area contributed by atoms with Gasteiger partial charge in [-0.25, -0.2) is 9.97 Å². The number of amides is 15. The number of aliphatic carboxylic acids is 1. The van der Waals surface area contributed by atoms with Crippen LogP contribution in [0.3, 0.4) is 0 Å². The number of para-hydroxylation sites is 1. The first kappa shape index (κ1) is 89.1. The highest BCUT2D eigenvalue weighted by Gasteiger charge is 2.38. The molecule has 5 aromatic rings. The molecule has 112 heavy (non-hydrogen) atoms. The number of carbonyl (C=O) groups is 16. The molecule has 1 aliphatic heterocycles. The second-order valence-corrected chi connectivity index (χ2v) is 29.8. The van der Waals surface area contributed by atoms with E-state index in [0.717, 1.165) is 21.6 Å². The van der Waals surface area contributed by atoms with Crippen LogP contribution in [0.2, 0.25) is 0 Å². The Hall–Kier alpha value is -11.8. The fourth-order valence-corrected chi connectivity index (χ4v) is 14.1. The van der Waals surface area contributed by atoms with Crippen LogP contribution in [0, 0.1) is 11.3 Å². The molecule has 0 radical (unpaired) electrons. The van der Waals surface area contributed by atoms with E-state index in [1.807, 2.05) is 0 Å². The highest BCUT2D eigenvalue weighted by molar-refractivity contribution is 8.76. The molecule has 0 bridgehead atoms. The van der Waals surface area contributed by atoms with Crippen LogP contribution in [-0.2, 0) is 102 Å². The number of hydrogen-bond acceptors (Lipinski definition) is 22. The molecule has 15 amide bonds. The molecule has 0 spiro atoms. The van der Waals surface area contributed by atoms with Crippen molar-refractivity contribution in [1.29, 1.82) is 5.41 Å². The number of carboxylic acids is 1. The highest BCUT2D eigenvalue weighted by Crippen LogP contribution is 2.25. The van der Waals surface area contributed by atoms with Crippen LogP contribution in [0.15, 0.2) is 85.8 Å². The normalized spacial score (nSPS) is 21.4. The number of carbonyl (C=O) groups excluding carboxylic acids is 15. The fourth-order valence-electron chi connectivity index (χ4n) is 11.3. The van der Waals surface area contributed by atoms with Crippen LogP contribution >= 0.6 is 33.3 Å². The Morgan fingerprint density at radius 1 is 0.625 bits per heavy atom. The van der Waals surface area contributed by atoms with Gasteiger partial charge in [0.1, 0.15) is 66.5 Å². The molecule has 0 saturated carbocycles. The molecule has 0 unspecified atom stereocenters. The summed E-state index contributed by atoms with van der Waals surface area (Å²) in [5.74, 6) is -18.4. The Balaban J connectivity index is 1.44. The molecule has 3 aromatic heterocycles. The van der Waals surface area contributed by atoms with Gasteiger partial charge >= 0.3 is 5.97 Å². The van der Waals surface area contributed by atoms with Gasteiger partial charge in [0.2, 0.25) is 88.6 Å². The lowest BCUT2D eigenvalue weighted by molar-refractivity contribution is -0.141. The maximum absolute atomic E-state index is 14.9. The number of aromatic nitrogens is 5. The molecule has 1 aliphatic rings. The summed E-state index contributed by atoms with van der Waals surface area (Å²) in [5, 5.41) is 53.8. The maximum atomic E-state index is 14.9. The number of guanidine groups is 1. The van der Waals surface area contributed by atoms with E-state index in [0.29, 0.717) is 33.5 Å². The van der Waals surface area contributed by atoms with Gasteiger partial charge in [-0.15, -0.1) is 0 Å². The SMILES string of the molecule is CSCC[C@H](NC(C)=O)C(=O)N[C@H]1CSSC[C@@H](C(=O)N[C@@H](Cc2ccccc2)C(N)=O)NC(=O)[C@H](CCCNC(=N)N)NC(=O)[C@H](Cc2cnc[nH]2)NC(=O)CNC(=O)CNC(=O)[C@H](Cc2c[nH]c3ccccc23)NC(=O)[C@H](CC(=O)O)NC(=O)[C@H](CCC(N)=O)NC(=O)[C@H](Cc2cnc[nH]2)NC(=O)[C@H](C(C)C)NC1=O. The van der Waals surface area contributed by atoms with E-state index in [4.69, 9.17) is 22.6 Å². The predicted molar refractivity (Wildman–Crippen MR) is 411 cm³/mol. The smallest absolute Gasteiger partial charge is 0.305 e. The summed E-state index contributed by atoms with van der Waals surface area (Å²) in [4.78, 5) is 241. The minimum Gasteiger partial charge on any atom is -0.481 e. The van der Waals surface area contributed by atoms with Crippen molar-refractivity contribution >= 4 is 145 Å². The summed E-state index contributed by atoms with van der Waals surface area (Å²) in [6, 6.07) is -2.50. The van der Waals surface area contributed by atoms with Crippen molar-refractivity contribution in [2.75, 3.05) is 43.1 Å². The number of hydrogen-bond donors (Lipinski definition) is 22. The summed E-state index contributed by atoms with van der Waals surface area (Å²) in [6.07, 6.45) is 4.86. The quantitative estimate of drug-likeness (QED) is 0.0101. The largest absolute Gasteiger partial charge is 0.481 e. The van der Waals surface area contributed by atoms with Crippen molar-refractivity contribution in [1.82, 2.24) is 99.4 Å². The number of thioether (sulfide) groups is 1. The predicted octanol–water partition coefficient (Wildman–Crippen LogP) is -5.24. The molecule has 43 heteroatoms. The summed E-state index contributed by atoms with van der Waals surface area (Å²) in [6.45, 7) is 2.51. The molecule has 1 fully saturated rings. The first-order chi connectivity index (χ1) is 53.4. The van der Waals surface area contributed by atoms with Gasteiger partial charge in [0.25, 0.3) is 0 Å². The molecule has 4 heterocycles. The molecule has 6 rings (SSSR count). The van der Waals surface area contributed by atoms with E-state index in [1.54, 1.807) is 60.9 Å². The third-order valence-electron chi connectivity index (χ3n) is 17.1. The lowest BCUT2D eigenvalue weighted by Gasteiger charge is -2.29. The van der Waals surface area contributed by atoms with E-state index in [2.05, 4.69) is 99.4 Å². The minimum absolute atomic E-state index is 0.0201. The number of H-pyrrole nitrogens is 3. The second-order valence-electron chi connectivity index (χ2n) is 26.2. The highest BCUT2D eigenvalue weighted by atomic mass is 33.1. The molecular formula is C69H95N23O17S3. The third-order valence-corrected chi connectivity index (χ3v) is 20.2. The number of fused-ring (bicyclic) bond motifs is 1. The lowest BCUT2D eigenvalue weighted by atomic mass is 10.0. The number of aromatic amines is 3. The molecule has 40 nitrogen and oxygen atoms in total. The number of imidazole rings is 2. The van der Waals surface area contributed by atoms with E-state index < -0.39 is 223 Å². The van der Waals surface area contributed by atoms with Gasteiger partial charge in [-0.1, -0.05) is 84.0 Å². The van der Waals surface area contributed by atoms with Gasteiger partial charge in [0.05, 0.1) is 32.2 Å². The van der Waals surface area contributed by atoms with Gasteiger partial charge < -0.3 is 112 Å². The Morgan fingerprint density at radius 3 is 1.80 bits per heavy atom. The number of nitrogens with two attached hydrogens (primary N) is 3. The Morgan fingerprint density at radius 2 is 1.20 bits per heavy atom. The standard InChI is InChI=1S/C69H95N23O17S3/c1-35(2)57-68(109)89-49(24-40-28-75-34-81-40)64(105)85-44(16-17-53(70)94)61(102)88-50(25-56(97)98)65(106)87-47(22-38-26-77-42-14-9-8-13-41(38)42)59(100)79-29-54(95)78-30-55(96)83-48(23-39-27-74-33-80-39)63(104)84-43(15-10-19-76-69(72)73)60(101)90-51(66(107)86-46(58(71)99)21-37-11-6-5-7-12-37)31-111-112-32-52(67(108)92-57)91-62(103)45(18-20-110-4)82-36(3)93/h5-9,11-14,26-28,33-35,43-52,57,77H,10,15-25,29-32H2,1-4H3,(H2,70,94)(H2,71,99)(H,74,80)(H,75,81)(H,78,95)(H,79,100)(H,82,93)(H,83,96)(H,84,104)(H,85,105)(H,86,107)(H,87,106)(H,88,102)(H,89,109)(H,90,101)(H,91,103)(H,92,108)(H,97,98)(H4,72,73,76)/t43-,44-,45-,46-,47-,48-,49-,50-,51-,52-,57-/m0/s1. The first-order valence-corrected chi connectivity index (χ1v) is 39.2. The zero-order valence-electron chi connectivity index (χ0n) is 61.7. The van der Waals surface area contributed by atoms with Crippen LogP contribution < -0.4 is 91.6 Å². The Bertz CT molecular complexity index is 4120. The molecule has 25 N–H and O–H groups in total. The van der Waals surface area contributed by atoms with Crippen LogP contribution in [0.4, 0.5) is 0 Å². The molecular weight excluding hydrogens is 1520 g/mol. The van der Waals surface area contributed by atoms with Crippen LogP contribution in [0.1, 0.15) is 81.8 Å². The van der Waals surface area contributed by atoms with Crippen LogP contribution in [0.5, 0.6) is 0 Å². The van der Waals surface area contributed by atoms with Gasteiger partial charge in [-0.05, 0) is 60.8 Å². The van der Waals surface area contributed by atoms with Crippen molar-refractivity contribution in [3.05, 3.63) is 108 Å². The number of rotatable bonds is 27. The summed E-state index contributed by atoms with van der Waals surface area (Å²) < 4.78 is 0. The van der Waals surface area contributed by atoms with Crippen LogP contribution in [-0.4, -0.2) is 240 Å². The van der Waals surface area contributed by atoms with Gasteiger partial charge in [-0.2, -0.15) is 11.8 Å². The minimum atomic E-state index is -2.05. The zero-order valence-corrected chi connectivity index (χ0v) is 64.1. The number of carboxylic acid groups (broad SMARTS) is 1. The van der Waals surface area contributed by atoms with E-state index in [1.165, 1.54) is 63.8 Å². The number of benzene rings is 2. The fraction of sp³-hybridized carbons (Fsp3) is 0.464. The molecule has 1 saturated heterocycles.